The summed E-state index contributed by atoms with van der Waals surface area (Å²) in [5.74, 6) is 1.15. The lowest BCUT2D eigenvalue weighted by molar-refractivity contribution is -0.142. The Kier molecular flexibility index (Phi) is 30.6. The van der Waals surface area contributed by atoms with Crippen molar-refractivity contribution in [3.63, 3.8) is 0 Å². The maximum atomic E-state index is 13.0. The number of isocyanates is 1. The number of benzene rings is 6. The number of aliphatic imine (C=N–C) groups is 1. The molecule has 6 fully saturated rings. The first-order valence-electron chi connectivity index (χ1n) is 34.0. The number of fused-ring (bicyclic) bond motifs is 1. The van der Waals surface area contributed by atoms with Crippen LogP contribution in [0.1, 0.15) is 150 Å². The van der Waals surface area contributed by atoms with Crippen LogP contribution >= 0.6 is 35.6 Å². The van der Waals surface area contributed by atoms with Gasteiger partial charge in [0, 0.05) is 54.5 Å². The topological polar surface area (TPSA) is 266 Å². The molecule has 3 aliphatic heterocycles. The number of nitrogens with one attached hydrogen (secondary N) is 4. The van der Waals surface area contributed by atoms with Gasteiger partial charge in [-0.1, -0.05) is 127 Å². The van der Waals surface area contributed by atoms with E-state index in [1.54, 1.807) is 62.6 Å². The molecule has 3 saturated carbocycles. The Morgan fingerprint density at radius 2 is 0.910 bits per heavy atom. The molecule has 0 radical (unpaired) electrons. The second-order valence-electron chi connectivity index (χ2n) is 25.8. The third-order valence-electron chi connectivity index (χ3n) is 20.2. The van der Waals surface area contributed by atoms with E-state index in [0.29, 0.717) is 60.1 Å². The molecule has 3 saturated heterocycles. The molecule has 534 valence electrons. The van der Waals surface area contributed by atoms with Crippen LogP contribution in [0.5, 0.6) is 17.2 Å². The number of carbonyl (C=O) groups is 7. The van der Waals surface area contributed by atoms with Gasteiger partial charge in [-0.2, -0.15) is 0 Å². The van der Waals surface area contributed by atoms with E-state index in [1.165, 1.54) is 28.7 Å². The molecule has 6 aromatic rings. The SMILES string of the molecule is COC(=O)[C@@H]1CCCN1.COc1ccccc1C(=O)NCC1(c2ccccc2)CCC(N)CC1.COc1ccccc1C(=O)NCC1(c2ccccc2)CCC(N2C(=O)[C@@H]3CCCN3C2=O)CC1.COc1ccccc1C(=O)NCC1(c2ccccc2)CCC(N=C=O)CC1.Cl.O=C(Cl)Cl. The van der Waals surface area contributed by atoms with Crippen LogP contribution in [0.3, 0.4) is 0 Å². The summed E-state index contributed by atoms with van der Waals surface area (Å²) < 4.78 is 19.6. The molecule has 20 nitrogen and oxygen atoms in total. The second-order valence-corrected chi connectivity index (χ2v) is 26.7. The van der Waals surface area contributed by atoms with Crippen LogP contribution in [0, 0.1) is 0 Å². The number of rotatable bonds is 18. The minimum absolute atomic E-state index is 0. The lowest BCUT2D eigenvalue weighted by Gasteiger charge is -2.42. The van der Waals surface area contributed by atoms with Crippen LogP contribution < -0.4 is 41.2 Å². The van der Waals surface area contributed by atoms with Crippen LogP contribution in [0.2, 0.25) is 0 Å². The minimum Gasteiger partial charge on any atom is -0.496 e. The maximum absolute atomic E-state index is 13.0. The number of halogens is 3. The van der Waals surface area contributed by atoms with E-state index in [4.69, 9.17) is 24.7 Å². The number of amides is 6. The highest BCUT2D eigenvalue weighted by Crippen LogP contribution is 2.44. The zero-order valence-electron chi connectivity index (χ0n) is 57.3. The van der Waals surface area contributed by atoms with Gasteiger partial charge >= 0.3 is 16.7 Å². The molecular formula is C77H93Cl3N8O12. The number of hydrogen-bond donors (Lipinski definition) is 5. The van der Waals surface area contributed by atoms with Gasteiger partial charge in [0.25, 0.3) is 23.6 Å². The number of nitrogens with zero attached hydrogens (tertiary/aromatic N) is 3. The van der Waals surface area contributed by atoms with Gasteiger partial charge in [0.1, 0.15) is 29.3 Å². The van der Waals surface area contributed by atoms with Crippen molar-refractivity contribution in [2.45, 2.75) is 149 Å². The third-order valence-corrected chi connectivity index (χ3v) is 20.2. The Morgan fingerprint density at radius 1 is 0.540 bits per heavy atom. The van der Waals surface area contributed by atoms with Crippen LogP contribution in [0.15, 0.2) is 169 Å². The zero-order valence-corrected chi connectivity index (χ0v) is 59.6. The van der Waals surface area contributed by atoms with E-state index < -0.39 is 4.70 Å². The summed E-state index contributed by atoms with van der Waals surface area (Å²) >= 11 is 8.80. The molecule has 12 rings (SSSR count). The summed E-state index contributed by atoms with van der Waals surface area (Å²) in [5, 5.41) is 12.4. The molecule has 100 heavy (non-hydrogen) atoms. The van der Waals surface area contributed by atoms with E-state index >= 15 is 0 Å². The Balaban J connectivity index is 0.000000194. The number of esters is 1. The van der Waals surface area contributed by atoms with Crippen molar-refractivity contribution in [2.75, 3.05) is 61.2 Å². The zero-order chi connectivity index (χ0) is 70.8. The predicted octanol–water partition coefficient (Wildman–Crippen LogP) is 12.6. The quantitative estimate of drug-likeness (QED) is 0.0176. The van der Waals surface area contributed by atoms with Crippen LogP contribution in [-0.4, -0.2) is 148 Å². The van der Waals surface area contributed by atoms with Crippen molar-refractivity contribution in [3.05, 3.63) is 197 Å². The van der Waals surface area contributed by atoms with Crippen LogP contribution in [0.4, 0.5) is 9.59 Å². The number of imide groups is 1. The van der Waals surface area contributed by atoms with E-state index in [0.717, 1.165) is 109 Å². The summed E-state index contributed by atoms with van der Waals surface area (Å²) in [7, 11) is 6.12. The first kappa shape index (κ1) is 78.7. The van der Waals surface area contributed by atoms with Crippen LogP contribution in [0.25, 0.3) is 0 Å². The molecule has 0 unspecified atom stereocenters. The number of para-hydroxylation sites is 3. The Hall–Kier alpha value is -8.62. The molecular weight excluding hydrogens is 1340 g/mol. The summed E-state index contributed by atoms with van der Waals surface area (Å²) in [4.78, 5) is 102. The molecule has 6 aromatic carbocycles. The molecule has 6 aliphatic rings. The van der Waals surface area contributed by atoms with Gasteiger partial charge in [-0.3, -0.25) is 33.7 Å². The molecule has 0 aromatic heterocycles. The Morgan fingerprint density at radius 3 is 1.26 bits per heavy atom. The van der Waals surface area contributed by atoms with Crippen molar-refractivity contribution >= 4 is 82.0 Å². The Bertz CT molecular complexity index is 3660. The van der Waals surface area contributed by atoms with E-state index in [2.05, 4.69) is 103 Å². The number of hydrogen-bond acceptors (Lipinski definition) is 15. The summed E-state index contributed by atoms with van der Waals surface area (Å²) in [5.41, 5.74) is 10.9. The van der Waals surface area contributed by atoms with E-state index in [-0.39, 0.29) is 94.5 Å². The van der Waals surface area contributed by atoms with Crippen molar-refractivity contribution in [1.29, 1.82) is 0 Å². The highest BCUT2D eigenvalue weighted by Gasteiger charge is 2.52. The molecule has 0 spiro atoms. The highest BCUT2D eigenvalue weighted by molar-refractivity contribution is 6.93. The van der Waals surface area contributed by atoms with Gasteiger partial charge in [0.15, 0.2) is 0 Å². The molecule has 2 atom stereocenters. The fraction of sp³-hybridized carbons (Fsp3) is 0.429. The molecule has 23 heteroatoms. The average molecular weight is 1430 g/mol. The first-order valence-corrected chi connectivity index (χ1v) is 34.7. The highest BCUT2D eigenvalue weighted by atomic mass is 35.5. The Labute approximate surface area is 602 Å². The lowest BCUT2D eigenvalue weighted by Crippen LogP contribution is -2.49. The molecule has 3 aliphatic carbocycles. The predicted molar refractivity (Wildman–Crippen MR) is 389 cm³/mol. The molecule has 0 bridgehead atoms. The van der Waals surface area contributed by atoms with Gasteiger partial charge in [-0.15, -0.1) is 12.4 Å². The smallest absolute Gasteiger partial charge is 0.327 e. The van der Waals surface area contributed by atoms with Gasteiger partial charge < -0.3 is 50.8 Å². The fourth-order valence-corrected chi connectivity index (χ4v) is 14.6. The molecule has 3 heterocycles. The summed E-state index contributed by atoms with van der Waals surface area (Å²) in [6.45, 7) is 3.25. The maximum Gasteiger partial charge on any atom is 0.327 e. The number of ether oxygens (including phenoxy) is 4. The molecule has 6 N–H and O–H groups in total. The van der Waals surface area contributed by atoms with Crippen LogP contribution in [-0.2, 0) is 35.4 Å². The molecule has 6 amide bonds. The van der Waals surface area contributed by atoms with Crippen molar-refractivity contribution in [2.24, 2.45) is 10.7 Å². The van der Waals surface area contributed by atoms with Crippen molar-refractivity contribution in [3.8, 4) is 17.2 Å². The van der Waals surface area contributed by atoms with Crippen molar-refractivity contribution in [1.82, 2.24) is 31.1 Å². The van der Waals surface area contributed by atoms with Gasteiger partial charge in [0.05, 0.1) is 51.2 Å². The van der Waals surface area contributed by atoms with Gasteiger partial charge in [0.2, 0.25) is 6.08 Å². The third kappa shape index (κ3) is 20.5. The average Bonchev–Trinajstić information content (AvgIpc) is 1.53. The van der Waals surface area contributed by atoms with Crippen molar-refractivity contribution < 1.29 is 57.3 Å². The van der Waals surface area contributed by atoms with E-state index in [1.807, 2.05) is 84.9 Å². The normalized spacial score (nSPS) is 23.2. The summed E-state index contributed by atoms with van der Waals surface area (Å²) in [6.07, 6.45) is 15.7. The first-order chi connectivity index (χ1) is 47.9. The monoisotopic (exact) mass is 1430 g/mol. The number of nitrogens with two attached hydrogens (primary N) is 1. The minimum atomic E-state index is -0.889. The van der Waals surface area contributed by atoms with Gasteiger partial charge in [-0.25, -0.2) is 14.6 Å². The number of urea groups is 1. The second kappa shape index (κ2) is 38.8. The lowest BCUT2D eigenvalue weighted by atomic mass is 9.67. The largest absolute Gasteiger partial charge is 0.496 e. The fourth-order valence-electron chi connectivity index (χ4n) is 14.6. The number of carbonyl (C=O) groups excluding carboxylic acids is 8. The van der Waals surface area contributed by atoms with Gasteiger partial charge in [-0.05, 0) is 186 Å². The number of methoxy groups -OCH3 is 4. The summed E-state index contributed by atoms with van der Waals surface area (Å²) in [6, 6.07) is 52.5. The van der Waals surface area contributed by atoms with E-state index in [9.17, 15) is 33.6 Å². The standard InChI is InChI=1S/C27H31N3O4.C22H24N2O3.C21H26N2O2.C6H11NO2.CCl2O.ClH/c1-34-23-12-6-5-10-21(23)24(31)28-18-27(19-8-3-2-4-9-19)15-13-20(14-16-27)30-25(32)22-11-7-17-29(22)26(30)33;1-27-20-10-6-5-9-19(20)21(26)23-15-22(17-7-3-2-4-8-17)13-11-18(12-14-22)24-16-25;1-25-19-10-6-5-9-18(19)20(24)23-15-21(13-11-17(22)12-14-21)16-7-3-2-4-8-16;1-9-6(8)5-3-2-4-7-5;2-1(3)4;/h2-6,8-10,12,20,22H,7,11,13-18H2,1H3,(H,28,31);2-10,18H,11-15H2,1H3,(H,23,26);2-10,17H,11-15,22H2,1H3,(H,23,24);5,7H,2-4H2,1H3;;1H/t20?,22-,27?;;;5-;;/m0..0../s1.